The Hall–Kier alpha value is -1.60. The van der Waals surface area contributed by atoms with Crippen molar-refractivity contribution in [2.45, 2.75) is 24.7 Å². The van der Waals surface area contributed by atoms with Crippen LogP contribution in [0.5, 0.6) is 5.75 Å². The molecule has 0 aliphatic rings. The minimum Gasteiger partial charge on any atom is -0.434 e. The van der Waals surface area contributed by atoms with Crippen molar-refractivity contribution in [1.29, 1.82) is 0 Å². The highest BCUT2D eigenvalue weighted by Gasteiger charge is 2.10. The first-order valence-corrected chi connectivity index (χ1v) is 6.79. The number of carbonyl (C=O) groups is 1. The maximum Gasteiger partial charge on any atom is 0.513 e. The molecule has 1 aromatic carbocycles. The second-order valence-electron chi connectivity index (χ2n) is 3.50. The lowest BCUT2D eigenvalue weighted by atomic mass is 10.3. The van der Waals surface area contributed by atoms with E-state index in [0.717, 1.165) is 25.0 Å². The minimum atomic E-state index is -4.24. The van der Waals surface area contributed by atoms with Gasteiger partial charge in [0.1, 0.15) is 5.75 Å². The standard InChI is InChI=1S/C11H14O6S/c1-2-3-8-16-11(12)17-9-4-6-10(7-5-9)18(13,14)15/h4-7H,2-3,8H2,1H3,(H,13,14,15). The van der Waals surface area contributed by atoms with Gasteiger partial charge in [-0.25, -0.2) is 4.79 Å². The smallest absolute Gasteiger partial charge is 0.434 e. The van der Waals surface area contributed by atoms with E-state index in [1.165, 1.54) is 12.1 Å². The van der Waals surface area contributed by atoms with Crippen molar-refractivity contribution in [1.82, 2.24) is 0 Å². The summed E-state index contributed by atoms with van der Waals surface area (Å²) in [6, 6.07) is 4.77. The third-order valence-corrected chi connectivity index (χ3v) is 2.91. The Morgan fingerprint density at radius 3 is 2.39 bits per heavy atom. The largest absolute Gasteiger partial charge is 0.513 e. The topological polar surface area (TPSA) is 89.9 Å². The fourth-order valence-corrected chi connectivity index (χ4v) is 1.59. The van der Waals surface area contributed by atoms with Crippen molar-refractivity contribution in [3.8, 4) is 5.75 Å². The number of carbonyl (C=O) groups excluding carboxylic acids is 1. The average Bonchev–Trinajstić information content (AvgIpc) is 2.29. The van der Waals surface area contributed by atoms with Crippen molar-refractivity contribution in [2.24, 2.45) is 0 Å². The van der Waals surface area contributed by atoms with E-state index in [-0.39, 0.29) is 17.3 Å². The van der Waals surface area contributed by atoms with Crippen molar-refractivity contribution in [3.63, 3.8) is 0 Å². The molecule has 0 radical (unpaired) electrons. The van der Waals surface area contributed by atoms with Gasteiger partial charge in [-0.3, -0.25) is 4.55 Å². The fourth-order valence-electron chi connectivity index (χ4n) is 1.11. The van der Waals surface area contributed by atoms with Crippen LogP contribution < -0.4 is 4.74 Å². The molecule has 0 aromatic heterocycles. The molecule has 0 aliphatic carbocycles. The second kappa shape index (κ2) is 6.36. The summed E-state index contributed by atoms with van der Waals surface area (Å²) in [6.07, 6.45) is 0.802. The van der Waals surface area contributed by atoms with Crippen LogP contribution in [0.1, 0.15) is 19.8 Å². The Kier molecular flexibility index (Phi) is 5.11. The Morgan fingerprint density at radius 1 is 1.28 bits per heavy atom. The second-order valence-corrected chi connectivity index (χ2v) is 4.92. The van der Waals surface area contributed by atoms with Crippen molar-refractivity contribution in [2.75, 3.05) is 6.61 Å². The van der Waals surface area contributed by atoms with E-state index in [2.05, 4.69) is 0 Å². The molecular weight excluding hydrogens is 260 g/mol. The molecule has 0 saturated carbocycles. The lowest BCUT2D eigenvalue weighted by Crippen LogP contribution is -2.11. The maximum absolute atomic E-state index is 11.2. The zero-order valence-corrected chi connectivity index (χ0v) is 10.6. The van der Waals surface area contributed by atoms with E-state index in [4.69, 9.17) is 14.0 Å². The molecule has 0 spiro atoms. The van der Waals surface area contributed by atoms with Gasteiger partial charge in [0.2, 0.25) is 0 Å². The van der Waals surface area contributed by atoms with E-state index in [1.54, 1.807) is 0 Å². The van der Waals surface area contributed by atoms with Gasteiger partial charge in [0, 0.05) is 0 Å². The summed E-state index contributed by atoms with van der Waals surface area (Å²) in [7, 11) is -4.24. The predicted octanol–water partition coefficient (Wildman–Crippen LogP) is 2.25. The minimum absolute atomic E-state index is 0.142. The number of hydrogen-bond donors (Lipinski definition) is 1. The molecule has 1 rings (SSSR count). The van der Waals surface area contributed by atoms with Crippen LogP contribution in [0, 0.1) is 0 Å². The highest BCUT2D eigenvalue weighted by molar-refractivity contribution is 7.85. The zero-order chi connectivity index (χ0) is 13.6. The van der Waals surface area contributed by atoms with Crippen LogP contribution in [0.3, 0.4) is 0 Å². The summed E-state index contributed by atoms with van der Waals surface area (Å²) >= 11 is 0. The molecule has 6 nitrogen and oxygen atoms in total. The molecule has 1 N–H and O–H groups in total. The Labute approximate surface area is 105 Å². The molecule has 0 amide bonds. The molecule has 0 aliphatic heterocycles. The van der Waals surface area contributed by atoms with E-state index in [0.29, 0.717) is 0 Å². The van der Waals surface area contributed by atoms with Crippen LogP contribution >= 0.6 is 0 Å². The van der Waals surface area contributed by atoms with Crippen LogP contribution in [-0.2, 0) is 14.9 Å². The van der Waals surface area contributed by atoms with Crippen LogP contribution in [-0.4, -0.2) is 25.7 Å². The number of ether oxygens (including phenoxy) is 2. The number of rotatable bonds is 5. The van der Waals surface area contributed by atoms with Gasteiger partial charge in [-0.2, -0.15) is 8.42 Å². The van der Waals surface area contributed by atoms with E-state index in [1.807, 2.05) is 6.92 Å². The molecule has 1 aromatic rings. The molecule has 18 heavy (non-hydrogen) atoms. The number of unbranched alkanes of at least 4 members (excludes halogenated alkanes) is 1. The van der Waals surface area contributed by atoms with Crippen LogP contribution in [0.2, 0.25) is 0 Å². The van der Waals surface area contributed by atoms with E-state index in [9.17, 15) is 13.2 Å². The zero-order valence-electron chi connectivity index (χ0n) is 9.83. The summed E-state index contributed by atoms with van der Waals surface area (Å²) in [5.41, 5.74) is 0. The van der Waals surface area contributed by atoms with E-state index < -0.39 is 16.3 Å². The van der Waals surface area contributed by atoms with Gasteiger partial charge in [0.25, 0.3) is 10.1 Å². The average molecular weight is 274 g/mol. The highest BCUT2D eigenvalue weighted by atomic mass is 32.2. The number of hydrogen-bond acceptors (Lipinski definition) is 5. The van der Waals surface area contributed by atoms with Gasteiger partial charge < -0.3 is 9.47 Å². The third kappa shape index (κ3) is 4.72. The predicted molar refractivity (Wildman–Crippen MR) is 63.1 cm³/mol. The van der Waals surface area contributed by atoms with Crippen LogP contribution in [0.4, 0.5) is 4.79 Å². The first-order valence-electron chi connectivity index (χ1n) is 5.35. The highest BCUT2D eigenvalue weighted by Crippen LogP contribution is 2.16. The first kappa shape index (κ1) is 14.5. The summed E-state index contributed by atoms with van der Waals surface area (Å²) in [4.78, 5) is 10.9. The Bertz CT molecular complexity index is 491. The molecule has 7 heteroatoms. The quantitative estimate of drug-likeness (QED) is 0.383. The van der Waals surface area contributed by atoms with Gasteiger partial charge in [0.05, 0.1) is 11.5 Å². The summed E-state index contributed by atoms with van der Waals surface area (Å²) < 4.78 is 39.8. The molecule has 0 heterocycles. The molecule has 0 bridgehead atoms. The Balaban J connectivity index is 2.56. The molecule has 0 atom stereocenters. The maximum atomic E-state index is 11.2. The fraction of sp³-hybridized carbons (Fsp3) is 0.364. The van der Waals surface area contributed by atoms with Gasteiger partial charge >= 0.3 is 6.16 Å². The third-order valence-electron chi connectivity index (χ3n) is 2.04. The van der Waals surface area contributed by atoms with Gasteiger partial charge in [-0.05, 0) is 30.7 Å². The normalized spacial score (nSPS) is 11.0. The Morgan fingerprint density at radius 2 is 1.89 bits per heavy atom. The lowest BCUT2D eigenvalue weighted by Gasteiger charge is -2.05. The number of benzene rings is 1. The molecule has 0 unspecified atom stereocenters. The van der Waals surface area contributed by atoms with Crippen molar-refractivity contribution >= 4 is 16.3 Å². The van der Waals surface area contributed by atoms with Gasteiger partial charge in [0.15, 0.2) is 0 Å². The summed E-state index contributed by atoms with van der Waals surface area (Å²) in [6.45, 7) is 2.24. The van der Waals surface area contributed by atoms with Gasteiger partial charge in [-0.15, -0.1) is 0 Å². The molecule has 100 valence electrons. The molecular formula is C11H14O6S. The monoisotopic (exact) mass is 274 g/mol. The summed E-state index contributed by atoms with van der Waals surface area (Å²) in [5.74, 6) is 0.142. The van der Waals surface area contributed by atoms with E-state index >= 15 is 0 Å². The van der Waals surface area contributed by atoms with Crippen molar-refractivity contribution < 1.29 is 27.2 Å². The van der Waals surface area contributed by atoms with Crippen LogP contribution in [0.15, 0.2) is 29.2 Å². The van der Waals surface area contributed by atoms with Crippen molar-refractivity contribution in [3.05, 3.63) is 24.3 Å². The van der Waals surface area contributed by atoms with Crippen LogP contribution in [0.25, 0.3) is 0 Å². The summed E-state index contributed by atoms with van der Waals surface area (Å²) in [5, 5.41) is 0. The first-order chi connectivity index (χ1) is 8.43. The SMILES string of the molecule is CCCCOC(=O)Oc1ccc(S(=O)(=O)O)cc1. The lowest BCUT2D eigenvalue weighted by molar-refractivity contribution is 0.0978. The van der Waals surface area contributed by atoms with Gasteiger partial charge in [-0.1, -0.05) is 13.3 Å². The molecule has 0 fully saturated rings. The molecule has 0 saturated heterocycles.